The summed E-state index contributed by atoms with van der Waals surface area (Å²) in [5.41, 5.74) is -3.44. The number of aromatic hydroxyl groups is 1. The fraction of sp³-hybridized carbons (Fsp3) is 0.286. The number of alkyl halides is 2. The number of carbonyl (C=O) groups is 1. The molecule has 0 amide bonds. The van der Waals surface area contributed by atoms with Gasteiger partial charge >= 0.3 is 10.8 Å². The number of H-pyrrole nitrogens is 1. The Morgan fingerprint density at radius 1 is 1.27 bits per heavy atom. The largest absolute Gasteiger partial charge is 0.590 e. The van der Waals surface area contributed by atoms with Crippen LogP contribution in [0.4, 0.5) is 8.78 Å². The summed E-state index contributed by atoms with van der Waals surface area (Å²) in [4.78, 5) is 42.0. The summed E-state index contributed by atoms with van der Waals surface area (Å²) in [6, 6.07) is 3.35. The zero-order chi connectivity index (χ0) is 27.0. The summed E-state index contributed by atoms with van der Waals surface area (Å²) in [5.74, 6) is -0.497. The average molecular weight is 576 g/mol. The van der Waals surface area contributed by atoms with E-state index in [9.17, 15) is 37.9 Å². The lowest BCUT2D eigenvalue weighted by Crippen LogP contribution is -2.48. The number of nitrogens with one attached hydrogen (secondary N) is 2. The van der Waals surface area contributed by atoms with Crippen molar-refractivity contribution in [3.05, 3.63) is 77.8 Å². The monoisotopic (exact) mass is 575 g/mol. The van der Waals surface area contributed by atoms with Gasteiger partial charge in [0.05, 0.1) is 24.0 Å². The molecule has 11 nitrogen and oxygen atoms in total. The first-order valence-corrected chi connectivity index (χ1v) is 12.4. The molecule has 0 radical (unpaired) electrons. The van der Waals surface area contributed by atoms with E-state index in [1.165, 1.54) is 18.2 Å². The lowest BCUT2D eigenvalue weighted by molar-refractivity contribution is 0.0707. The Labute approximate surface area is 219 Å². The van der Waals surface area contributed by atoms with Gasteiger partial charge in [-0.1, -0.05) is 23.2 Å². The van der Waals surface area contributed by atoms with E-state index in [2.05, 4.69) is 14.8 Å². The number of pyridine rings is 1. The number of benzene rings is 1. The Morgan fingerprint density at radius 3 is 2.51 bits per heavy atom. The summed E-state index contributed by atoms with van der Waals surface area (Å²) in [7, 11) is 0. The van der Waals surface area contributed by atoms with Gasteiger partial charge in [-0.15, -0.1) is 4.72 Å². The Balaban J connectivity index is 1.60. The molecule has 4 N–H and O–H groups in total. The van der Waals surface area contributed by atoms with E-state index >= 15 is 0 Å². The highest BCUT2D eigenvalue weighted by Crippen LogP contribution is 2.31. The molecule has 37 heavy (non-hydrogen) atoms. The Kier molecular flexibility index (Phi) is 7.96. The van der Waals surface area contributed by atoms with Crippen LogP contribution in [0.5, 0.6) is 5.75 Å². The van der Waals surface area contributed by atoms with Crippen molar-refractivity contribution in [3.8, 4) is 11.4 Å². The third-order valence-corrected chi connectivity index (χ3v) is 7.28. The van der Waals surface area contributed by atoms with E-state index < -0.39 is 51.7 Å². The van der Waals surface area contributed by atoms with Crippen LogP contribution < -0.4 is 16.0 Å². The highest BCUT2D eigenvalue weighted by Gasteiger charge is 2.35. The molecule has 4 rings (SSSR count). The molecule has 0 aliphatic heterocycles. The smallest absolute Gasteiger partial charge is 0.384 e. The van der Waals surface area contributed by atoms with Crippen LogP contribution >= 0.6 is 23.2 Å². The minimum Gasteiger partial charge on any atom is -0.590 e. The number of aromatic nitrogens is 4. The molecule has 1 saturated carbocycles. The van der Waals surface area contributed by atoms with Crippen LogP contribution in [0.1, 0.15) is 46.6 Å². The number of nitrogens with zero attached hydrogens (tertiary/aromatic N) is 3. The summed E-state index contributed by atoms with van der Waals surface area (Å²) < 4.78 is 41.6. The number of hydrogen-bond acceptors (Lipinski definition) is 9. The van der Waals surface area contributed by atoms with Gasteiger partial charge in [0.15, 0.2) is 5.69 Å². The quantitative estimate of drug-likeness (QED) is 0.306. The van der Waals surface area contributed by atoms with E-state index in [1.807, 2.05) is 0 Å². The van der Waals surface area contributed by atoms with Gasteiger partial charge in [0.2, 0.25) is 0 Å². The first kappa shape index (κ1) is 27.2. The normalized spacial score (nSPS) is 18.0. The molecule has 0 bridgehead atoms. The molecule has 2 aromatic heterocycles. The van der Waals surface area contributed by atoms with Crippen LogP contribution in [0.2, 0.25) is 10.0 Å². The molecule has 1 unspecified atom stereocenters. The topological polar surface area (TPSA) is 173 Å². The number of aromatic amines is 1. The number of aliphatic hydroxyl groups is 1. The Hall–Kier alpha value is -2.88. The molecule has 16 heteroatoms. The lowest BCUT2D eigenvalue weighted by atomic mass is 9.91. The van der Waals surface area contributed by atoms with Crippen molar-refractivity contribution in [1.82, 2.24) is 24.5 Å². The molecular weight excluding hydrogens is 559 g/mol. The van der Waals surface area contributed by atoms with Crippen molar-refractivity contribution >= 4 is 39.7 Å². The predicted octanol–water partition coefficient (Wildman–Crippen LogP) is 1.77. The first-order valence-electron chi connectivity index (χ1n) is 10.5. The molecule has 196 valence electrons. The SMILES string of the molecule is O=C(c1cc(Cc2c(Cl)cc(-n3nc(C(F)F)c(=O)[nH]c3=O)cc2Cl)ncc1O)[S+]([O-])N[C@H]1C[C@H](O)C1. The van der Waals surface area contributed by atoms with E-state index in [-0.39, 0.29) is 45.0 Å². The fourth-order valence-electron chi connectivity index (χ4n) is 3.53. The second kappa shape index (κ2) is 10.8. The van der Waals surface area contributed by atoms with Gasteiger partial charge in [-0.05, 0) is 36.6 Å². The first-order chi connectivity index (χ1) is 17.4. The van der Waals surface area contributed by atoms with Gasteiger partial charge in [0.25, 0.3) is 12.0 Å². The molecule has 0 spiro atoms. The van der Waals surface area contributed by atoms with Crippen LogP contribution in [-0.4, -0.2) is 51.8 Å². The number of halogens is 4. The van der Waals surface area contributed by atoms with Gasteiger partial charge in [-0.25, -0.2) is 18.4 Å². The minimum absolute atomic E-state index is 0.0162. The predicted molar refractivity (Wildman–Crippen MR) is 129 cm³/mol. The number of hydrogen-bond donors (Lipinski definition) is 4. The highest BCUT2D eigenvalue weighted by molar-refractivity contribution is 8.05. The van der Waals surface area contributed by atoms with Crippen molar-refractivity contribution in [3.63, 3.8) is 0 Å². The third-order valence-electron chi connectivity index (χ3n) is 5.50. The molecule has 1 aromatic carbocycles. The van der Waals surface area contributed by atoms with Crippen LogP contribution in [0.25, 0.3) is 5.69 Å². The molecule has 1 aliphatic rings. The second-order valence-corrected chi connectivity index (χ2v) is 10.1. The van der Waals surface area contributed by atoms with Crippen molar-refractivity contribution in [2.75, 3.05) is 0 Å². The van der Waals surface area contributed by atoms with Crippen molar-refractivity contribution in [2.45, 2.75) is 37.8 Å². The van der Waals surface area contributed by atoms with Gasteiger partial charge in [0, 0.05) is 22.2 Å². The van der Waals surface area contributed by atoms with Gasteiger partial charge < -0.3 is 14.8 Å². The number of carbonyl (C=O) groups excluding carboxylic acids is 1. The van der Waals surface area contributed by atoms with Crippen LogP contribution in [0.15, 0.2) is 34.0 Å². The molecule has 2 heterocycles. The standard InChI is InChI=1S/C21H17Cl2F2N5O6S/c22-14-5-10(30-21(35)27-19(33)17(28-30)18(24)25)6-15(23)12(14)3-8-4-13(16(32)7-26-8)20(34)37(36)29-9-1-11(31)2-9/h4-7,9,11,18,29,31-32H,1-3H2,(H,27,33,35)/t9-,11-,37?. The van der Waals surface area contributed by atoms with Gasteiger partial charge in [-0.3, -0.25) is 14.8 Å². The summed E-state index contributed by atoms with van der Waals surface area (Å²) in [5, 5.41) is 21.9. The maximum Gasteiger partial charge on any atom is 0.384 e. The lowest BCUT2D eigenvalue weighted by Gasteiger charge is -2.30. The zero-order valence-electron chi connectivity index (χ0n) is 18.5. The van der Waals surface area contributed by atoms with Crippen molar-refractivity contribution in [2.24, 2.45) is 0 Å². The van der Waals surface area contributed by atoms with Gasteiger partial charge in [0.1, 0.15) is 22.7 Å². The van der Waals surface area contributed by atoms with Crippen LogP contribution in [0, 0.1) is 0 Å². The minimum atomic E-state index is -3.23. The van der Waals surface area contributed by atoms with E-state index in [1.54, 1.807) is 4.98 Å². The van der Waals surface area contributed by atoms with E-state index in [0.717, 1.165) is 6.20 Å². The maximum absolute atomic E-state index is 13.1. The van der Waals surface area contributed by atoms with Crippen molar-refractivity contribution in [1.29, 1.82) is 0 Å². The van der Waals surface area contributed by atoms with Crippen LogP contribution in [-0.2, 0) is 17.8 Å². The maximum atomic E-state index is 13.1. The van der Waals surface area contributed by atoms with E-state index in [0.29, 0.717) is 17.5 Å². The van der Waals surface area contributed by atoms with E-state index in [4.69, 9.17) is 23.2 Å². The van der Waals surface area contributed by atoms with Crippen molar-refractivity contribution < 1.29 is 28.3 Å². The molecule has 0 saturated heterocycles. The molecule has 1 atom stereocenters. The molecule has 3 aromatic rings. The number of rotatable bonds is 7. The van der Waals surface area contributed by atoms with Gasteiger partial charge in [-0.2, -0.15) is 9.78 Å². The summed E-state index contributed by atoms with van der Waals surface area (Å²) in [6.07, 6.45) is -2.12. The summed E-state index contributed by atoms with van der Waals surface area (Å²) >= 11 is 10.5. The Bertz CT molecular complexity index is 1460. The average Bonchev–Trinajstić information content (AvgIpc) is 2.80. The zero-order valence-corrected chi connectivity index (χ0v) is 20.8. The molecular formula is C21H17Cl2F2N5O6S. The molecule has 1 fully saturated rings. The van der Waals surface area contributed by atoms with Crippen LogP contribution in [0.3, 0.4) is 0 Å². The third kappa shape index (κ3) is 5.84. The second-order valence-electron chi connectivity index (χ2n) is 8.11. The highest BCUT2D eigenvalue weighted by atomic mass is 35.5. The fourth-order valence-corrected chi connectivity index (χ4v) is 5.11. The summed E-state index contributed by atoms with van der Waals surface area (Å²) in [6.45, 7) is 0. The Morgan fingerprint density at radius 2 is 1.92 bits per heavy atom. The molecule has 1 aliphatic carbocycles. The number of aliphatic hydroxyl groups excluding tert-OH is 1.